The van der Waals surface area contributed by atoms with Crippen molar-refractivity contribution in [2.75, 3.05) is 13.2 Å². The quantitative estimate of drug-likeness (QED) is 0.813. The smallest absolute Gasteiger partial charge is 0.317 e. The third kappa shape index (κ3) is 1.26. The summed E-state index contributed by atoms with van der Waals surface area (Å²) in [6.07, 6.45) is 0.587. The van der Waals surface area contributed by atoms with E-state index in [1.165, 1.54) is 11.3 Å². The van der Waals surface area contributed by atoms with E-state index in [0.29, 0.717) is 19.6 Å². The summed E-state index contributed by atoms with van der Waals surface area (Å²) < 4.78 is 5.23. The van der Waals surface area contributed by atoms with Gasteiger partial charge < -0.3 is 9.84 Å². The zero-order chi connectivity index (χ0) is 10.2. The number of hydrogen-bond donors (Lipinski definition) is 1. The van der Waals surface area contributed by atoms with Crippen molar-refractivity contribution in [3.8, 4) is 0 Å². The van der Waals surface area contributed by atoms with Gasteiger partial charge in [-0.3, -0.25) is 4.79 Å². The Balaban J connectivity index is 2.46. The van der Waals surface area contributed by atoms with Crippen molar-refractivity contribution in [2.45, 2.75) is 18.8 Å². The first-order valence-electron chi connectivity index (χ1n) is 4.52. The van der Waals surface area contributed by atoms with Gasteiger partial charge in [-0.2, -0.15) is 0 Å². The molecule has 1 N–H and O–H groups in total. The molecule has 0 aliphatic carbocycles. The van der Waals surface area contributed by atoms with Crippen molar-refractivity contribution in [3.05, 3.63) is 21.9 Å². The van der Waals surface area contributed by atoms with Crippen LogP contribution in [0.2, 0.25) is 0 Å². The third-order valence-corrected chi connectivity index (χ3v) is 3.95. The molecule has 1 aromatic rings. The van der Waals surface area contributed by atoms with E-state index in [0.717, 1.165) is 10.4 Å². The summed E-state index contributed by atoms with van der Waals surface area (Å²) in [6.45, 7) is 2.81. The van der Waals surface area contributed by atoms with Gasteiger partial charge in [-0.1, -0.05) is 0 Å². The van der Waals surface area contributed by atoms with E-state index in [1.807, 2.05) is 18.4 Å². The molecule has 0 saturated carbocycles. The van der Waals surface area contributed by atoms with E-state index in [2.05, 4.69) is 0 Å². The Morgan fingerprint density at radius 3 is 2.93 bits per heavy atom. The van der Waals surface area contributed by atoms with Gasteiger partial charge in [-0.05, 0) is 30.4 Å². The number of carboxylic acids is 1. The lowest BCUT2D eigenvalue weighted by Gasteiger charge is -2.21. The van der Waals surface area contributed by atoms with E-state index in [1.54, 1.807) is 0 Å². The van der Waals surface area contributed by atoms with Gasteiger partial charge in [-0.15, -0.1) is 11.3 Å². The second-order valence-electron chi connectivity index (χ2n) is 3.62. The molecule has 1 saturated heterocycles. The number of hydrogen-bond acceptors (Lipinski definition) is 3. The molecule has 0 amide bonds. The fourth-order valence-corrected chi connectivity index (χ4v) is 3.01. The number of aryl methyl sites for hydroxylation is 1. The molecule has 3 nitrogen and oxygen atoms in total. The van der Waals surface area contributed by atoms with Crippen molar-refractivity contribution in [1.82, 2.24) is 0 Å². The summed E-state index contributed by atoms with van der Waals surface area (Å²) in [7, 11) is 0. The summed E-state index contributed by atoms with van der Waals surface area (Å²) in [5, 5.41) is 11.2. The van der Waals surface area contributed by atoms with Gasteiger partial charge in [-0.25, -0.2) is 0 Å². The lowest BCUT2D eigenvalue weighted by molar-refractivity contribution is -0.143. The molecule has 14 heavy (non-hydrogen) atoms. The van der Waals surface area contributed by atoms with Gasteiger partial charge in [0.1, 0.15) is 5.41 Å². The van der Waals surface area contributed by atoms with Crippen LogP contribution in [-0.2, 0) is 14.9 Å². The number of carboxylic acid groups (broad SMARTS) is 1. The molecule has 1 aliphatic heterocycles. The average molecular weight is 212 g/mol. The Morgan fingerprint density at radius 2 is 2.50 bits per heavy atom. The van der Waals surface area contributed by atoms with E-state index in [-0.39, 0.29) is 0 Å². The fraction of sp³-hybridized carbons (Fsp3) is 0.500. The maximum atomic E-state index is 11.3. The average Bonchev–Trinajstić information content (AvgIpc) is 2.72. The van der Waals surface area contributed by atoms with Crippen LogP contribution in [0.15, 0.2) is 11.4 Å². The second kappa shape index (κ2) is 3.37. The van der Waals surface area contributed by atoms with Crippen LogP contribution < -0.4 is 0 Å². The third-order valence-electron chi connectivity index (χ3n) is 2.73. The predicted molar refractivity (Wildman–Crippen MR) is 53.8 cm³/mol. The fourth-order valence-electron chi connectivity index (χ4n) is 1.87. The molecule has 0 bridgehead atoms. The van der Waals surface area contributed by atoms with Crippen molar-refractivity contribution in [2.24, 2.45) is 0 Å². The Bertz CT molecular complexity index is 350. The van der Waals surface area contributed by atoms with E-state index >= 15 is 0 Å². The lowest BCUT2D eigenvalue weighted by Crippen LogP contribution is -2.35. The van der Waals surface area contributed by atoms with Gasteiger partial charge >= 0.3 is 5.97 Å². The second-order valence-corrected chi connectivity index (χ2v) is 4.54. The zero-order valence-electron chi connectivity index (χ0n) is 7.95. The number of rotatable bonds is 2. The molecule has 1 atom stereocenters. The van der Waals surface area contributed by atoms with Crippen LogP contribution >= 0.6 is 11.3 Å². The van der Waals surface area contributed by atoms with Gasteiger partial charge in [0.15, 0.2) is 0 Å². The Kier molecular flexibility index (Phi) is 2.33. The monoisotopic (exact) mass is 212 g/mol. The minimum absolute atomic E-state index is 0.309. The lowest BCUT2D eigenvalue weighted by atomic mass is 9.84. The van der Waals surface area contributed by atoms with Crippen LogP contribution in [0.3, 0.4) is 0 Å². The van der Waals surface area contributed by atoms with E-state index in [4.69, 9.17) is 4.74 Å². The molecule has 1 unspecified atom stereocenters. The number of thiophene rings is 1. The molecule has 76 valence electrons. The SMILES string of the molecule is Cc1ccsc1C1(C(=O)O)CCOC1. The summed E-state index contributed by atoms with van der Waals surface area (Å²) in [6, 6.07) is 1.96. The molecule has 0 radical (unpaired) electrons. The molecule has 2 rings (SSSR count). The van der Waals surface area contributed by atoms with Crippen LogP contribution in [0.25, 0.3) is 0 Å². The highest BCUT2D eigenvalue weighted by Gasteiger charge is 2.45. The molecular formula is C10H12O3S. The largest absolute Gasteiger partial charge is 0.480 e. The highest BCUT2D eigenvalue weighted by Crippen LogP contribution is 2.38. The van der Waals surface area contributed by atoms with Crippen LogP contribution in [0.1, 0.15) is 16.9 Å². The Labute approximate surface area is 86.3 Å². The van der Waals surface area contributed by atoms with E-state index in [9.17, 15) is 9.90 Å². The maximum Gasteiger partial charge on any atom is 0.317 e. The molecule has 4 heteroatoms. The molecule has 2 heterocycles. The summed E-state index contributed by atoms with van der Waals surface area (Å²) in [5.41, 5.74) is 0.279. The normalized spacial score (nSPS) is 26.6. The summed E-state index contributed by atoms with van der Waals surface area (Å²) in [4.78, 5) is 12.2. The van der Waals surface area contributed by atoms with Crippen LogP contribution in [0.5, 0.6) is 0 Å². The van der Waals surface area contributed by atoms with Gasteiger partial charge in [0.25, 0.3) is 0 Å². The minimum Gasteiger partial charge on any atom is -0.480 e. The number of carbonyl (C=O) groups is 1. The predicted octanol–water partition coefficient (Wildman–Crippen LogP) is 1.80. The number of aliphatic carboxylic acids is 1. The first-order chi connectivity index (χ1) is 6.67. The van der Waals surface area contributed by atoms with E-state index < -0.39 is 11.4 Å². The minimum atomic E-state index is -0.780. The van der Waals surface area contributed by atoms with Gasteiger partial charge in [0.05, 0.1) is 6.61 Å². The standard InChI is InChI=1S/C10H12O3S/c1-7-2-5-14-8(7)10(9(11)12)3-4-13-6-10/h2,5H,3-4,6H2,1H3,(H,11,12). The first kappa shape index (κ1) is 9.68. The molecule has 1 fully saturated rings. The number of ether oxygens (including phenoxy) is 1. The summed E-state index contributed by atoms with van der Waals surface area (Å²) >= 11 is 1.51. The maximum absolute atomic E-state index is 11.3. The van der Waals surface area contributed by atoms with Crippen molar-refractivity contribution in [3.63, 3.8) is 0 Å². The Hall–Kier alpha value is -0.870. The highest BCUT2D eigenvalue weighted by molar-refractivity contribution is 7.10. The van der Waals surface area contributed by atoms with Crippen molar-refractivity contribution in [1.29, 1.82) is 0 Å². The van der Waals surface area contributed by atoms with Crippen LogP contribution in [0, 0.1) is 6.92 Å². The van der Waals surface area contributed by atoms with Gasteiger partial charge in [0, 0.05) is 11.5 Å². The van der Waals surface area contributed by atoms with Crippen LogP contribution in [0.4, 0.5) is 0 Å². The molecule has 1 aromatic heterocycles. The van der Waals surface area contributed by atoms with Crippen molar-refractivity contribution >= 4 is 17.3 Å². The van der Waals surface area contributed by atoms with Gasteiger partial charge in [0.2, 0.25) is 0 Å². The molecule has 0 spiro atoms. The van der Waals surface area contributed by atoms with Crippen LogP contribution in [-0.4, -0.2) is 24.3 Å². The highest BCUT2D eigenvalue weighted by atomic mass is 32.1. The Morgan fingerprint density at radius 1 is 1.71 bits per heavy atom. The molecule has 0 aromatic carbocycles. The first-order valence-corrected chi connectivity index (χ1v) is 5.40. The zero-order valence-corrected chi connectivity index (χ0v) is 8.76. The van der Waals surface area contributed by atoms with Crippen molar-refractivity contribution < 1.29 is 14.6 Å². The molecular weight excluding hydrogens is 200 g/mol. The molecule has 1 aliphatic rings. The summed E-state index contributed by atoms with van der Waals surface area (Å²) in [5.74, 6) is -0.763. The topological polar surface area (TPSA) is 46.5 Å².